The molecule has 1 saturated heterocycles. The third kappa shape index (κ3) is 5.50. The molecule has 8 nitrogen and oxygen atoms in total. The second-order valence-corrected chi connectivity index (χ2v) is 9.47. The van der Waals surface area contributed by atoms with Crippen LogP contribution in [0.25, 0.3) is 0 Å². The van der Waals surface area contributed by atoms with Crippen molar-refractivity contribution < 1.29 is 17.9 Å². The van der Waals surface area contributed by atoms with Crippen LogP contribution in [0.1, 0.15) is 30.1 Å². The van der Waals surface area contributed by atoms with Crippen molar-refractivity contribution in [3.63, 3.8) is 0 Å². The van der Waals surface area contributed by atoms with E-state index in [4.69, 9.17) is 16.3 Å². The Balaban J connectivity index is 2.14. The first-order valence-corrected chi connectivity index (χ1v) is 11.2. The van der Waals surface area contributed by atoms with Crippen LogP contribution < -0.4 is 15.4 Å². The highest BCUT2D eigenvalue weighted by Gasteiger charge is 2.24. The highest BCUT2D eigenvalue weighted by Crippen LogP contribution is 2.31. The monoisotopic (exact) mass is 432 g/mol. The number of carbonyl (C=O) groups excluding carboxylic acids is 1. The lowest BCUT2D eigenvalue weighted by atomic mass is 10.1. The highest BCUT2D eigenvalue weighted by molar-refractivity contribution is 7.89. The Morgan fingerprint density at radius 2 is 2.11 bits per heavy atom. The summed E-state index contributed by atoms with van der Waals surface area (Å²) in [4.78, 5) is 15.1. The van der Waals surface area contributed by atoms with E-state index in [0.717, 1.165) is 30.2 Å². The van der Waals surface area contributed by atoms with Gasteiger partial charge in [-0.2, -0.15) is 0 Å². The molecule has 1 amide bonds. The lowest BCUT2D eigenvalue weighted by Gasteiger charge is -2.23. The van der Waals surface area contributed by atoms with Crippen molar-refractivity contribution in [2.24, 2.45) is 0 Å². The van der Waals surface area contributed by atoms with Gasteiger partial charge >= 0.3 is 0 Å². The van der Waals surface area contributed by atoms with Crippen LogP contribution in [0, 0.1) is 0 Å². The number of sulfonamides is 1. The summed E-state index contributed by atoms with van der Waals surface area (Å²) in [6.07, 6.45) is 2.19. The molecule has 1 fully saturated rings. The molecule has 0 radical (unpaired) electrons. The van der Waals surface area contributed by atoms with E-state index in [-0.39, 0.29) is 16.8 Å². The van der Waals surface area contributed by atoms with Gasteiger partial charge in [-0.25, -0.2) is 12.7 Å². The van der Waals surface area contributed by atoms with E-state index >= 15 is 0 Å². The van der Waals surface area contributed by atoms with Gasteiger partial charge in [0.05, 0.1) is 23.4 Å². The minimum absolute atomic E-state index is 0.273. The Kier molecular flexibility index (Phi) is 7.94. The molecule has 1 heterocycles. The fourth-order valence-electron chi connectivity index (χ4n) is 3.18. The summed E-state index contributed by atoms with van der Waals surface area (Å²) >= 11 is 6.22. The molecular formula is C18H29ClN4O4S. The molecule has 0 aliphatic carbocycles. The zero-order chi connectivity index (χ0) is 20.9. The molecule has 0 spiro atoms. The fourth-order valence-corrected chi connectivity index (χ4v) is 4.00. The number of nitrogens with zero attached hydrogens (tertiary/aromatic N) is 2. The van der Waals surface area contributed by atoms with Gasteiger partial charge in [-0.15, -0.1) is 0 Å². The van der Waals surface area contributed by atoms with Gasteiger partial charge in [0.2, 0.25) is 10.0 Å². The maximum atomic E-state index is 12.7. The number of carbonyl (C=O) groups is 1. The molecule has 0 bridgehead atoms. The number of likely N-dealkylation sites (N-methyl/N-ethyl adjacent to an activating group) is 1. The van der Waals surface area contributed by atoms with E-state index in [2.05, 4.69) is 22.5 Å². The number of ether oxygens (including phenoxy) is 1. The quantitative estimate of drug-likeness (QED) is 0.618. The maximum absolute atomic E-state index is 12.7. The number of halogens is 1. The molecule has 10 heteroatoms. The molecule has 1 atom stereocenters. The Bertz CT molecular complexity index is 801. The average molecular weight is 433 g/mol. The van der Waals surface area contributed by atoms with Crippen LogP contribution >= 0.6 is 11.6 Å². The number of benzene rings is 1. The standard InChI is InChI=1S/C18H29ClN4O4S/c1-5-23-8-6-7-13(23)11-20-18(24)14-9-16(15(19)10-17(14)27-4)21-12-28(25,26)22(2)3/h9-10,13,21H,5-8,11-12H2,1-4H3,(H,20,24). The molecule has 2 N–H and O–H groups in total. The van der Waals surface area contributed by atoms with Crippen molar-refractivity contribution in [2.45, 2.75) is 25.8 Å². The number of nitrogens with one attached hydrogen (secondary N) is 2. The van der Waals surface area contributed by atoms with Crippen molar-refractivity contribution in [3.05, 3.63) is 22.7 Å². The lowest BCUT2D eigenvalue weighted by Crippen LogP contribution is -2.40. The SMILES string of the molecule is CCN1CCCC1CNC(=O)c1cc(NCS(=O)(=O)N(C)C)c(Cl)cc1OC. The lowest BCUT2D eigenvalue weighted by molar-refractivity contribution is 0.0938. The van der Waals surface area contributed by atoms with E-state index in [1.165, 1.54) is 33.3 Å². The molecule has 1 aliphatic rings. The normalized spacial score (nSPS) is 17.7. The molecular weight excluding hydrogens is 404 g/mol. The molecule has 1 aromatic carbocycles. The van der Waals surface area contributed by atoms with Crippen LogP contribution in [0.5, 0.6) is 5.75 Å². The van der Waals surface area contributed by atoms with Gasteiger partial charge in [0, 0.05) is 32.7 Å². The number of likely N-dealkylation sites (tertiary alicyclic amines) is 1. The molecule has 1 aromatic rings. The maximum Gasteiger partial charge on any atom is 0.255 e. The Morgan fingerprint density at radius 3 is 2.71 bits per heavy atom. The van der Waals surface area contributed by atoms with E-state index in [1.54, 1.807) is 0 Å². The van der Waals surface area contributed by atoms with Crippen molar-refractivity contribution >= 4 is 33.2 Å². The van der Waals surface area contributed by atoms with Crippen molar-refractivity contribution in [1.29, 1.82) is 0 Å². The van der Waals surface area contributed by atoms with Crippen LogP contribution in [0.4, 0.5) is 5.69 Å². The first kappa shape index (κ1) is 22.7. The van der Waals surface area contributed by atoms with E-state index < -0.39 is 10.0 Å². The number of rotatable bonds is 9. The van der Waals surface area contributed by atoms with Gasteiger partial charge in [-0.3, -0.25) is 9.69 Å². The van der Waals surface area contributed by atoms with Gasteiger partial charge in [-0.1, -0.05) is 18.5 Å². The summed E-state index contributed by atoms with van der Waals surface area (Å²) < 4.78 is 30.4. The summed E-state index contributed by atoms with van der Waals surface area (Å²) in [6, 6.07) is 3.36. The van der Waals surface area contributed by atoms with Gasteiger partial charge in [-0.05, 0) is 32.0 Å². The third-order valence-corrected chi connectivity index (χ3v) is 6.87. The number of hydrogen-bond acceptors (Lipinski definition) is 6. The predicted octanol–water partition coefficient (Wildman–Crippen LogP) is 1.82. The number of anilines is 1. The Morgan fingerprint density at radius 1 is 1.39 bits per heavy atom. The molecule has 1 aliphatic heterocycles. The third-order valence-electron chi connectivity index (χ3n) is 4.94. The Labute approximate surface area is 172 Å². The van der Waals surface area contributed by atoms with E-state index in [9.17, 15) is 13.2 Å². The molecule has 1 unspecified atom stereocenters. The van der Waals surface area contributed by atoms with Crippen LogP contribution in [0.2, 0.25) is 5.02 Å². The Hall–Kier alpha value is -1.55. The van der Waals surface area contributed by atoms with Gasteiger partial charge in [0.1, 0.15) is 11.6 Å². The van der Waals surface area contributed by atoms with Crippen LogP contribution in [0.15, 0.2) is 12.1 Å². The summed E-state index contributed by atoms with van der Waals surface area (Å²) in [5.74, 6) is -0.280. The zero-order valence-electron chi connectivity index (χ0n) is 16.8. The molecule has 28 heavy (non-hydrogen) atoms. The summed E-state index contributed by atoms with van der Waals surface area (Å²) in [5.41, 5.74) is 0.659. The summed E-state index contributed by atoms with van der Waals surface area (Å²) in [6.45, 7) is 4.67. The predicted molar refractivity (Wildman–Crippen MR) is 112 cm³/mol. The zero-order valence-corrected chi connectivity index (χ0v) is 18.4. The molecule has 158 valence electrons. The molecule has 0 saturated carbocycles. The smallest absolute Gasteiger partial charge is 0.255 e. The van der Waals surface area contributed by atoms with E-state index in [1.807, 2.05) is 0 Å². The van der Waals surface area contributed by atoms with Crippen LogP contribution in [0.3, 0.4) is 0 Å². The van der Waals surface area contributed by atoms with Gasteiger partial charge in [0.25, 0.3) is 5.91 Å². The second-order valence-electron chi connectivity index (χ2n) is 6.88. The van der Waals surface area contributed by atoms with E-state index in [0.29, 0.717) is 29.6 Å². The van der Waals surface area contributed by atoms with Crippen molar-refractivity contribution in [2.75, 3.05) is 52.0 Å². The number of methoxy groups -OCH3 is 1. The number of hydrogen-bond donors (Lipinski definition) is 2. The van der Waals surface area contributed by atoms with Gasteiger partial charge < -0.3 is 15.4 Å². The molecule has 2 rings (SSSR count). The van der Waals surface area contributed by atoms with Crippen LogP contribution in [-0.4, -0.2) is 76.3 Å². The minimum atomic E-state index is -3.47. The molecule has 0 aromatic heterocycles. The minimum Gasteiger partial charge on any atom is -0.496 e. The fraction of sp³-hybridized carbons (Fsp3) is 0.611. The summed E-state index contributed by atoms with van der Waals surface area (Å²) in [7, 11) is 0.899. The largest absolute Gasteiger partial charge is 0.496 e. The first-order chi connectivity index (χ1) is 13.2. The summed E-state index contributed by atoms with van der Waals surface area (Å²) in [5, 5.41) is 6.02. The number of amides is 1. The second kappa shape index (κ2) is 9.78. The topological polar surface area (TPSA) is 91.0 Å². The van der Waals surface area contributed by atoms with Crippen LogP contribution in [-0.2, 0) is 10.0 Å². The average Bonchev–Trinajstić information content (AvgIpc) is 3.12. The van der Waals surface area contributed by atoms with Gasteiger partial charge in [0.15, 0.2) is 0 Å². The highest BCUT2D eigenvalue weighted by atomic mass is 35.5. The van der Waals surface area contributed by atoms with Crippen molar-refractivity contribution in [1.82, 2.24) is 14.5 Å². The van der Waals surface area contributed by atoms with Crippen molar-refractivity contribution in [3.8, 4) is 5.75 Å². The first-order valence-electron chi connectivity index (χ1n) is 9.23.